The van der Waals surface area contributed by atoms with E-state index in [4.69, 9.17) is 16.3 Å². The first-order chi connectivity index (χ1) is 13.9. The van der Waals surface area contributed by atoms with Crippen molar-refractivity contribution in [3.8, 4) is 5.75 Å². The number of hydrogen-bond donors (Lipinski definition) is 2. The second-order valence-electron chi connectivity index (χ2n) is 5.82. The molecule has 0 unspecified atom stereocenters. The maximum absolute atomic E-state index is 12.8. The molecule has 6 nitrogen and oxygen atoms in total. The summed E-state index contributed by atoms with van der Waals surface area (Å²) in [6, 6.07) is 14.4. The van der Waals surface area contributed by atoms with Crippen molar-refractivity contribution in [3.63, 3.8) is 0 Å². The SMILES string of the molecule is COc1ccc(NC(=O)/C=C/c2cccs2)cc1S(=O)(=O)Nc1ccc(Cl)cc1. The first-order valence-corrected chi connectivity index (χ1v) is 11.1. The molecule has 150 valence electrons. The monoisotopic (exact) mass is 448 g/mol. The van der Waals surface area contributed by atoms with Crippen LogP contribution in [0.15, 0.2) is 70.9 Å². The first kappa shape index (κ1) is 20.9. The van der Waals surface area contributed by atoms with Gasteiger partial charge in [0, 0.05) is 27.4 Å². The van der Waals surface area contributed by atoms with Gasteiger partial charge < -0.3 is 10.1 Å². The number of methoxy groups -OCH3 is 1. The highest BCUT2D eigenvalue weighted by Gasteiger charge is 2.21. The highest BCUT2D eigenvalue weighted by molar-refractivity contribution is 7.92. The third-order valence-electron chi connectivity index (χ3n) is 3.76. The zero-order valence-corrected chi connectivity index (χ0v) is 17.6. The van der Waals surface area contributed by atoms with Crippen LogP contribution in [0.5, 0.6) is 5.75 Å². The Balaban J connectivity index is 1.82. The number of nitrogens with one attached hydrogen (secondary N) is 2. The number of carbonyl (C=O) groups excluding carboxylic acids is 1. The molecule has 2 aromatic carbocycles. The van der Waals surface area contributed by atoms with Crippen molar-refractivity contribution in [2.75, 3.05) is 17.1 Å². The largest absolute Gasteiger partial charge is 0.495 e. The normalized spacial score (nSPS) is 11.4. The zero-order valence-electron chi connectivity index (χ0n) is 15.3. The van der Waals surface area contributed by atoms with Gasteiger partial charge in [0.05, 0.1) is 7.11 Å². The Morgan fingerprint density at radius 1 is 1.10 bits per heavy atom. The highest BCUT2D eigenvalue weighted by atomic mass is 35.5. The summed E-state index contributed by atoms with van der Waals surface area (Å²) in [4.78, 5) is 13.0. The van der Waals surface area contributed by atoms with Crippen LogP contribution in [0.4, 0.5) is 11.4 Å². The lowest BCUT2D eigenvalue weighted by molar-refractivity contribution is -0.111. The van der Waals surface area contributed by atoms with Crippen molar-refractivity contribution in [2.45, 2.75) is 4.90 Å². The summed E-state index contributed by atoms with van der Waals surface area (Å²) >= 11 is 7.34. The summed E-state index contributed by atoms with van der Waals surface area (Å²) < 4.78 is 33.3. The fraction of sp³-hybridized carbons (Fsp3) is 0.0500. The van der Waals surface area contributed by atoms with Crippen LogP contribution in [-0.2, 0) is 14.8 Å². The van der Waals surface area contributed by atoms with Crippen LogP contribution in [-0.4, -0.2) is 21.4 Å². The van der Waals surface area contributed by atoms with Crippen LogP contribution < -0.4 is 14.8 Å². The molecule has 0 spiro atoms. The number of carbonyl (C=O) groups is 1. The van der Waals surface area contributed by atoms with E-state index >= 15 is 0 Å². The topological polar surface area (TPSA) is 84.5 Å². The van der Waals surface area contributed by atoms with Crippen LogP contribution in [0.2, 0.25) is 5.02 Å². The molecule has 0 atom stereocenters. The van der Waals surface area contributed by atoms with E-state index in [9.17, 15) is 13.2 Å². The molecule has 3 rings (SSSR count). The molecule has 2 N–H and O–H groups in total. The molecule has 9 heteroatoms. The Labute approximate surface area is 177 Å². The van der Waals surface area contributed by atoms with Crippen LogP contribution >= 0.6 is 22.9 Å². The summed E-state index contributed by atoms with van der Waals surface area (Å²) in [5.41, 5.74) is 0.674. The minimum absolute atomic E-state index is 0.102. The van der Waals surface area contributed by atoms with Gasteiger partial charge in [0.25, 0.3) is 10.0 Å². The fourth-order valence-electron chi connectivity index (χ4n) is 2.42. The molecular formula is C20H17ClN2O4S2. The number of benzene rings is 2. The van der Waals surface area contributed by atoms with Gasteiger partial charge in [-0.1, -0.05) is 17.7 Å². The van der Waals surface area contributed by atoms with Crippen LogP contribution in [0.3, 0.4) is 0 Å². The number of anilines is 2. The fourth-order valence-corrected chi connectivity index (χ4v) is 4.42. The maximum Gasteiger partial charge on any atom is 0.265 e. The summed E-state index contributed by atoms with van der Waals surface area (Å²) in [5, 5.41) is 5.05. The van der Waals surface area contributed by atoms with Crippen molar-refractivity contribution in [3.05, 3.63) is 76.0 Å². The summed E-state index contributed by atoms with van der Waals surface area (Å²) in [6.07, 6.45) is 3.07. The van der Waals surface area contributed by atoms with E-state index in [1.807, 2.05) is 17.5 Å². The van der Waals surface area contributed by atoms with Crippen molar-refractivity contribution >= 4 is 56.3 Å². The average Bonchev–Trinajstić information content (AvgIpc) is 3.22. The molecule has 0 saturated carbocycles. The minimum atomic E-state index is -3.96. The van der Waals surface area contributed by atoms with Gasteiger partial charge in [0.15, 0.2) is 0 Å². The standard InChI is InChI=1S/C20H17ClN2O4S2/c1-27-18-10-8-16(22-20(24)11-9-17-3-2-12-28-17)13-19(18)29(25,26)23-15-6-4-14(21)5-7-15/h2-13,23H,1H3,(H,22,24)/b11-9+. The van der Waals surface area contributed by atoms with E-state index in [1.165, 1.54) is 36.7 Å². The smallest absolute Gasteiger partial charge is 0.265 e. The predicted molar refractivity (Wildman–Crippen MR) is 117 cm³/mol. The summed E-state index contributed by atoms with van der Waals surface area (Å²) in [7, 11) is -2.59. The lowest BCUT2D eigenvalue weighted by Crippen LogP contribution is -2.15. The molecule has 0 aliphatic rings. The lowest BCUT2D eigenvalue weighted by atomic mass is 10.3. The highest BCUT2D eigenvalue weighted by Crippen LogP contribution is 2.29. The van der Waals surface area contributed by atoms with E-state index in [2.05, 4.69) is 10.0 Å². The van der Waals surface area contributed by atoms with Crippen molar-refractivity contribution in [1.29, 1.82) is 0 Å². The molecule has 0 aliphatic carbocycles. The van der Waals surface area contributed by atoms with Crippen LogP contribution in [0, 0.1) is 0 Å². The molecule has 0 aliphatic heterocycles. The molecule has 1 heterocycles. The lowest BCUT2D eigenvalue weighted by Gasteiger charge is -2.13. The number of halogens is 1. The number of ether oxygens (including phenoxy) is 1. The molecule has 0 bridgehead atoms. The van der Waals surface area contributed by atoms with Crippen molar-refractivity contribution in [1.82, 2.24) is 0 Å². The molecule has 1 amide bonds. The Bertz CT molecular complexity index is 1130. The van der Waals surface area contributed by atoms with E-state index in [0.29, 0.717) is 16.4 Å². The molecule has 3 aromatic rings. The van der Waals surface area contributed by atoms with E-state index in [-0.39, 0.29) is 16.6 Å². The van der Waals surface area contributed by atoms with Gasteiger partial charge in [0.1, 0.15) is 10.6 Å². The van der Waals surface area contributed by atoms with E-state index in [0.717, 1.165) is 4.88 Å². The molecule has 29 heavy (non-hydrogen) atoms. The number of rotatable bonds is 7. The zero-order chi connectivity index (χ0) is 20.9. The predicted octanol–water partition coefficient (Wildman–Crippen LogP) is 4.86. The number of sulfonamides is 1. The number of hydrogen-bond acceptors (Lipinski definition) is 5. The van der Waals surface area contributed by atoms with Gasteiger partial charge in [0.2, 0.25) is 5.91 Å². The van der Waals surface area contributed by atoms with Gasteiger partial charge in [-0.05, 0) is 60.0 Å². The van der Waals surface area contributed by atoms with E-state index in [1.54, 1.807) is 36.4 Å². The molecule has 0 fully saturated rings. The van der Waals surface area contributed by atoms with Gasteiger partial charge in [-0.25, -0.2) is 8.42 Å². The Morgan fingerprint density at radius 3 is 2.48 bits per heavy atom. The molecular weight excluding hydrogens is 432 g/mol. The quantitative estimate of drug-likeness (QED) is 0.505. The van der Waals surface area contributed by atoms with E-state index < -0.39 is 10.0 Å². The Hall–Kier alpha value is -2.81. The average molecular weight is 449 g/mol. The third-order valence-corrected chi connectivity index (χ3v) is 6.25. The van der Waals surface area contributed by atoms with Crippen LogP contribution in [0.1, 0.15) is 4.88 Å². The molecule has 1 aromatic heterocycles. The second kappa shape index (κ2) is 9.13. The van der Waals surface area contributed by atoms with Crippen molar-refractivity contribution in [2.24, 2.45) is 0 Å². The second-order valence-corrected chi connectivity index (χ2v) is 8.88. The number of thiophene rings is 1. The summed E-state index contributed by atoms with van der Waals surface area (Å²) in [6.45, 7) is 0. The first-order valence-electron chi connectivity index (χ1n) is 8.36. The Kier molecular flexibility index (Phi) is 6.58. The summed E-state index contributed by atoms with van der Waals surface area (Å²) in [5.74, 6) is -0.226. The Morgan fingerprint density at radius 2 is 1.83 bits per heavy atom. The molecule has 0 radical (unpaired) electrons. The van der Waals surface area contributed by atoms with Crippen LogP contribution in [0.25, 0.3) is 6.08 Å². The maximum atomic E-state index is 12.8. The minimum Gasteiger partial charge on any atom is -0.495 e. The van der Waals surface area contributed by atoms with Crippen molar-refractivity contribution < 1.29 is 17.9 Å². The van der Waals surface area contributed by atoms with Gasteiger partial charge in [-0.2, -0.15) is 0 Å². The third kappa shape index (κ3) is 5.60. The number of amides is 1. The van der Waals surface area contributed by atoms with Gasteiger partial charge in [-0.15, -0.1) is 11.3 Å². The van der Waals surface area contributed by atoms with Gasteiger partial charge in [-0.3, -0.25) is 9.52 Å². The molecule has 0 saturated heterocycles. The van der Waals surface area contributed by atoms with Gasteiger partial charge >= 0.3 is 0 Å².